The van der Waals surface area contributed by atoms with E-state index in [2.05, 4.69) is 5.32 Å². The lowest BCUT2D eigenvalue weighted by Gasteiger charge is -2.22. The summed E-state index contributed by atoms with van der Waals surface area (Å²) in [7, 11) is 0. The zero-order valence-corrected chi connectivity index (χ0v) is 10.7. The van der Waals surface area contributed by atoms with Gasteiger partial charge in [-0.1, -0.05) is 6.07 Å². The van der Waals surface area contributed by atoms with Gasteiger partial charge in [-0.25, -0.2) is 0 Å². The van der Waals surface area contributed by atoms with Gasteiger partial charge in [0, 0.05) is 10.5 Å². The number of amides is 1. The standard InChI is InChI=1S/C12H14N2O3S/c1-6-12(17)14-9-4-7(2-3-10(9)18-6)11(16)8(13)5-15/h2-4,6,8,15H,5,13H2,1H3,(H,14,17). The number of carbonyl (C=O) groups excluding carboxylic acids is 2. The van der Waals surface area contributed by atoms with Crippen LogP contribution in [0.1, 0.15) is 17.3 Å². The molecule has 18 heavy (non-hydrogen) atoms. The molecule has 0 aromatic heterocycles. The van der Waals surface area contributed by atoms with Gasteiger partial charge in [-0.05, 0) is 19.1 Å². The Morgan fingerprint density at radius 3 is 3.00 bits per heavy atom. The van der Waals surface area contributed by atoms with E-state index in [1.54, 1.807) is 18.2 Å². The summed E-state index contributed by atoms with van der Waals surface area (Å²) in [5.74, 6) is -0.415. The monoisotopic (exact) mass is 266 g/mol. The van der Waals surface area contributed by atoms with Crippen LogP contribution in [-0.2, 0) is 4.79 Å². The molecule has 0 aliphatic carbocycles. The van der Waals surface area contributed by atoms with Crippen molar-refractivity contribution >= 4 is 29.1 Å². The summed E-state index contributed by atoms with van der Waals surface area (Å²) in [6.07, 6.45) is 0. The molecule has 96 valence electrons. The van der Waals surface area contributed by atoms with E-state index in [1.807, 2.05) is 6.92 Å². The quantitative estimate of drug-likeness (QED) is 0.698. The van der Waals surface area contributed by atoms with Crippen LogP contribution in [0.25, 0.3) is 0 Å². The van der Waals surface area contributed by atoms with Gasteiger partial charge in [0.25, 0.3) is 0 Å². The van der Waals surface area contributed by atoms with E-state index in [0.717, 1.165) is 4.90 Å². The van der Waals surface area contributed by atoms with Crippen LogP contribution in [0.3, 0.4) is 0 Å². The highest BCUT2D eigenvalue weighted by Gasteiger charge is 2.24. The number of aliphatic hydroxyl groups is 1. The van der Waals surface area contributed by atoms with Gasteiger partial charge in [0.2, 0.25) is 5.91 Å². The lowest BCUT2D eigenvalue weighted by Crippen LogP contribution is -2.34. The van der Waals surface area contributed by atoms with E-state index in [-0.39, 0.29) is 16.9 Å². The Labute approximate surface area is 109 Å². The van der Waals surface area contributed by atoms with Gasteiger partial charge < -0.3 is 16.2 Å². The first-order chi connectivity index (χ1) is 8.52. The maximum atomic E-state index is 11.8. The fourth-order valence-electron chi connectivity index (χ4n) is 1.66. The fraction of sp³-hybridized carbons (Fsp3) is 0.333. The van der Waals surface area contributed by atoms with E-state index in [4.69, 9.17) is 10.8 Å². The minimum Gasteiger partial charge on any atom is -0.394 e. The molecular formula is C12H14N2O3S. The van der Waals surface area contributed by atoms with E-state index < -0.39 is 12.6 Å². The Bertz CT molecular complexity index is 504. The van der Waals surface area contributed by atoms with E-state index in [1.165, 1.54) is 11.8 Å². The number of nitrogens with one attached hydrogen (secondary N) is 1. The molecule has 0 bridgehead atoms. The number of ketones is 1. The number of aliphatic hydroxyl groups excluding tert-OH is 1. The molecule has 2 rings (SSSR count). The molecule has 4 N–H and O–H groups in total. The second kappa shape index (κ2) is 5.09. The molecule has 6 heteroatoms. The summed E-state index contributed by atoms with van der Waals surface area (Å²) in [5.41, 5.74) is 6.50. The average molecular weight is 266 g/mol. The van der Waals surface area contributed by atoms with Crippen molar-refractivity contribution in [1.82, 2.24) is 0 Å². The molecule has 1 amide bonds. The van der Waals surface area contributed by atoms with E-state index >= 15 is 0 Å². The van der Waals surface area contributed by atoms with E-state index in [0.29, 0.717) is 11.3 Å². The third kappa shape index (κ3) is 2.40. The number of hydrogen-bond donors (Lipinski definition) is 3. The minimum atomic E-state index is -0.922. The van der Waals surface area contributed by atoms with Gasteiger partial charge in [0.1, 0.15) is 0 Å². The van der Waals surface area contributed by atoms with Crippen LogP contribution in [-0.4, -0.2) is 34.7 Å². The second-order valence-corrected chi connectivity index (χ2v) is 5.50. The highest BCUT2D eigenvalue weighted by Crippen LogP contribution is 2.36. The molecule has 0 spiro atoms. The first-order valence-corrected chi connectivity index (χ1v) is 6.43. The topological polar surface area (TPSA) is 92.4 Å². The molecule has 1 heterocycles. The van der Waals surface area contributed by atoms with E-state index in [9.17, 15) is 9.59 Å². The van der Waals surface area contributed by atoms with Crippen LogP contribution in [0.15, 0.2) is 23.1 Å². The summed E-state index contributed by atoms with van der Waals surface area (Å²) >= 11 is 1.45. The Balaban J connectivity index is 2.30. The van der Waals surface area contributed by atoms with Crippen molar-refractivity contribution in [2.24, 2.45) is 5.73 Å². The molecule has 5 nitrogen and oxygen atoms in total. The highest BCUT2D eigenvalue weighted by molar-refractivity contribution is 8.00. The van der Waals surface area contributed by atoms with Crippen LogP contribution >= 0.6 is 11.8 Å². The predicted molar refractivity (Wildman–Crippen MR) is 69.8 cm³/mol. The van der Waals surface area contributed by atoms with Crippen molar-refractivity contribution in [3.05, 3.63) is 23.8 Å². The van der Waals surface area contributed by atoms with Gasteiger partial charge in [0.05, 0.1) is 23.6 Å². The van der Waals surface area contributed by atoms with Crippen LogP contribution in [0, 0.1) is 0 Å². The lowest BCUT2D eigenvalue weighted by molar-refractivity contribution is -0.115. The zero-order chi connectivity index (χ0) is 13.3. The van der Waals surface area contributed by atoms with Crippen molar-refractivity contribution in [3.63, 3.8) is 0 Å². The average Bonchev–Trinajstić information content (AvgIpc) is 2.37. The summed E-state index contributed by atoms with van der Waals surface area (Å²) in [4.78, 5) is 24.3. The number of fused-ring (bicyclic) bond motifs is 1. The van der Waals surface area contributed by atoms with Gasteiger partial charge in [-0.15, -0.1) is 11.8 Å². The number of anilines is 1. The third-order valence-corrected chi connectivity index (χ3v) is 3.91. The molecule has 1 aromatic carbocycles. The Morgan fingerprint density at radius 2 is 2.33 bits per heavy atom. The first kappa shape index (κ1) is 13.1. The van der Waals surface area contributed by atoms with Gasteiger partial charge in [-0.2, -0.15) is 0 Å². The molecule has 0 saturated carbocycles. The smallest absolute Gasteiger partial charge is 0.237 e. The summed E-state index contributed by atoms with van der Waals surface area (Å²) < 4.78 is 0. The van der Waals surface area contributed by atoms with Crippen molar-refractivity contribution in [3.8, 4) is 0 Å². The maximum absolute atomic E-state index is 11.8. The van der Waals surface area contributed by atoms with Crippen LogP contribution < -0.4 is 11.1 Å². The number of thioether (sulfide) groups is 1. The molecule has 0 saturated heterocycles. The number of hydrogen-bond acceptors (Lipinski definition) is 5. The Morgan fingerprint density at radius 1 is 1.61 bits per heavy atom. The highest BCUT2D eigenvalue weighted by atomic mass is 32.2. The van der Waals surface area contributed by atoms with Crippen molar-refractivity contribution in [2.45, 2.75) is 23.1 Å². The van der Waals surface area contributed by atoms with Crippen molar-refractivity contribution < 1.29 is 14.7 Å². The molecular weight excluding hydrogens is 252 g/mol. The molecule has 2 unspecified atom stereocenters. The Kier molecular flexibility index (Phi) is 3.70. The molecule has 0 fully saturated rings. The number of carbonyl (C=O) groups is 2. The summed E-state index contributed by atoms with van der Waals surface area (Å²) in [6.45, 7) is 1.43. The molecule has 1 aromatic rings. The molecule has 1 aliphatic heterocycles. The van der Waals surface area contributed by atoms with Gasteiger partial charge in [-0.3, -0.25) is 9.59 Å². The van der Waals surface area contributed by atoms with Crippen molar-refractivity contribution in [2.75, 3.05) is 11.9 Å². The number of Topliss-reactive ketones (excluding diaryl/α,β-unsaturated/α-hetero) is 1. The molecule has 1 aliphatic rings. The minimum absolute atomic E-state index is 0.0800. The van der Waals surface area contributed by atoms with Gasteiger partial charge >= 0.3 is 0 Å². The largest absolute Gasteiger partial charge is 0.394 e. The normalized spacial score (nSPS) is 19.9. The molecule has 0 radical (unpaired) electrons. The fourth-order valence-corrected chi connectivity index (χ4v) is 2.59. The Hall–Kier alpha value is -1.37. The maximum Gasteiger partial charge on any atom is 0.237 e. The van der Waals surface area contributed by atoms with Crippen LogP contribution in [0.2, 0.25) is 0 Å². The summed E-state index contributed by atoms with van der Waals surface area (Å²) in [5, 5.41) is 11.5. The molecule has 2 atom stereocenters. The van der Waals surface area contributed by atoms with Crippen molar-refractivity contribution in [1.29, 1.82) is 0 Å². The lowest BCUT2D eigenvalue weighted by atomic mass is 10.0. The number of benzene rings is 1. The predicted octanol–water partition coefficient (Wildman–Crippen LogP) is 0.622. The SMILES string of the molecule is CC1Sc2ccc(C(=O)C(N)CO)cc2NC1=O. The number of nitrogens with two attached hydrogens (primary N) is 1. The number of rotatable bonds is 3. The summed E-state index contributed by atoms with van der Waals surface area (Å²) in [6, 6.07) is 4.12. The van der Waals surface area contributed by atoms with Gasteiger partial charge in [0.15, 0.2) is 5.78 Å². The van der Waals surface area contributed by atoms with Crippen LogP contribution in [0.5, 0.6) is 0 Å². The second-order valence-electron chi connectivity index (χ2n) is 4.11. The third-order valence-electron chi connectivity index (χ3n) is 2.73. The zero-order valence-electron chi connectivity index (χ0n) is 9.84. The first-order valence-electron chi connectivity index (χ1n) is 5.55. The van der Waals surface area contributed by atoms with Crippen LogP contribution in [0.4, 0.5) is 5.69 Å².